The number of benzene rings is 1. The lowest BCUT2D eigenvalue weighted by atomic mass is 10.1. The normalized spacial score (nSPS) is 27.0. The van der Waals surface area contributed by atoms with Gasteiger partial charge in [0.2, 0.25) is 32.7 Å². The van der Waals surface area contributed by atoms with Crippen LogP contribution in [0.4, 0.5) is 5.95 Å². The maximum atomic E-state index is 13.5. The Morgan fingerprint density at radius 1 is 1.31 bits per heavy atom. The summed E-state index contributed by atoms with van der Waals surface area (Å²) in [5.74, 6) is -0.266. The Morgan fingerprint density at radius 3 is 2.75 bits per heavy atom. The Balaban J connectivity index is 1.74. The number of fused-ring (bicyclic) bond motifs is 2. The van der Waals surface area contributed by atoms with E-state index in [0.29, 0.717) is 5.02 Å². The lowest BCUT2D eigenvalue weighted by Crippen LogP contribution is -2.37. The minimum absolute atomic E-state index is 0.0511. The maximum Gasteiger partial charge on any atom is 0.522 e. The largest absolute Gasteiger partial charge is 0.522 e. The first-order valence-corrected chi connectivity index (χ1v) is 13.1. The van der Waals surface area contributed by atoms with E-state index in [2.05, 4.69) is 15.0 Å². The Morgan fingerprint density at radius 2 is 2.03 bits per heavy atom. The van der Waals surface area contributed by atoms with Gasteiger partial charge in [0, 0.05) is 5.02 Å². The summed E-state index contributed by atoms with van der Waals surface area (Å²) in [5.41, 5.74) is 4.46. The maximum absolute atomic E-state index is 13.5. The zero-order valence-corrected chi connectivity index (χ0v) is 19.1. The van der Waals surface area contributed by atoms with Crippen LogP contribution >= 0.6 is 18.8 Å². The van der Waals surface area contributed by atoms with E-state index in [9.17, 15) is 18.3 Å². The van der Waals surface area contributed by atoms with Gasteiger partial charge in [-0.3, -0.25) is 14.3 Å². The molecule has 2 unspecified atom stereocenters. The molecule has 168 valence electrons. The van der Waals surface area contributed by atoms with E-state index >= 15 is 0 Å². The highest BCUT2D eigenvalue weighted by Crippen LogP contribution is 2.44. The second-order valence-corrected chi connectivity index (χ2v) is 11.1. The van der Waals surface area contributed by atoms with E-state index in [1.165, 1.54) is 24.3 Å². The van der Waals surface area contributed by atoms with Crippen LogP contribution in [0.25, 0.3) is 11.2 Å². The summed E-state index contributed by atoms with van der Waals surface area (Å²) in [6.45, 7) is 0.0511. The zero-order valence-electron chi connectivity index (χ0n) is 15.8. The van der Waals surface area contributed by atoms with Gasteiger partial charge in [-0.05, 0) is 24.3 Å². The van der Waals surface area contributed by atoms with E-state index in [0.717, 1.165) is 4.57 Å². The van der Waals surface area contributed by atoms with Gasteiger partial charge in [0.25, 0.3) is 5.56 Å². The van der Waals surface area contributed by atoms with E-state index in [1.54, 1.807) is 0 Å². The smallest absolute Gasteiger partial charge is 0.385 e. The number of aliphatic hydroxyl groups excluding tert-OH is 1. The standard InChI is InChI=1S/C16H13ClN5O7PS2/c17-6-1-3-7(4-2-6)32(25,26)16-19-9-12(20-15(18)21-13(9)24)22(16)14-10(23)11-8(28-14)5-27-30(31)29-11/h1-4,8,10-11,14,23H,5H2,(H2-,18,20,21,24)/p+1/t8?,10-,11+,14+/m0/s1. The van der Waals surface area contributed by atoms with Crippen LogP contribution in [-0.4, -0.2) is 58.0 Å². The van der Waals surface area contributed by atoms with Crippen LogP contribution in [0.3, 0.4) is 0 Å². The number of nitrogens with two attached hydrogens (primary N) is 1. The number of nitrogens with zero attached hydrogens (tertiary/aromatic N) is 3. The Hall–Kier alpha value is -2.03. The topological polar surface area (TPSA) is 172 Å². The Labute approximate surface area is 190 Å². The van der Waals surface area contributed by atoms with Gasteiger partial charge in [0.15, 0.2) is 23.5 Å². The summed E-state index contributed by atoms with van der Waals surface area (Å²) >= 11 is 10.9. The number of aromatic nitrogens is 4. The molecule has 2 aliphatic rings. The second kappa shape index (κ2) is 7.78. The first kappa shape index (κ1) is 21.8. The molecule has 5 atom stereocenters. The number of nitrogen functional groups attached to an aromatic ring is 1. The summed E-state index contributed by atoms with van der Waals surface area (Å²) < 4.78 is 44.6. The second-order valence-electron chi connectivity index (χ2n) is 6.99. The molecule has 3 aromatic rings. The lowest BCUT2D eigenvalue weighted by Gasteiger charge is -2.19. The van der Waals surface area contributed by atoms with Crippen LogP contribution < -0.4 is 11.3 Å². The van der Waals surface area contributed by atoms with Gasteiger partial charge < -0.3 is 15.6 Å². The molecule has 1 aromatic carbocycles. The van der Waals surface area contributed by atoms with Crippen molar-refractivity contribution in [2.24, 2.45) is 0 Å². The van der Waals surface area contributed by atoms with Gasteiger partial charge >= 0.3 is 7.15 Å². The van der Waals surface area contributed by atoms with Crippen LogP contribution in [0.15, 0.2) is 39.1 Å². The number of nitrogens with one attached hydrogen (secondary N) is 1. The molecule has 4 N–H and O–H groups in total. The van der Waals surface area contributed by atoms with Crippen molar-refractivity contribution in [3.63, 3.8) is 0 Å². The molecule has 4 heterocycles. The molecular formula is C16H14ClN5O7PS2+. The summed E-state index contributed by atoms with van der Waals surface area (Å²) in [7, 11) is -5.95. The fraction of sp³-hybridized carbons (Fsp3) is 0.312. The molecule has 32 heavy (non-hydrogen) atoms. The minimum atomic E-state index is -4.30. The van der Waals surface area contributed by atoms with E-state index in [4.69, 9.17) is 42.9 Å². The van der Waals surface area contributed by atoms with Gasteiger partial charge in [-0.1, -0.05) is 11.6 Å². The van der Waals surface area contributed by atoms with Crippen LogP contribution in [-0.2, 0) is 35.4 Å². The summed E-state index contributed by atoms with van der Waals surface area (Å²) in [4.78, 5) is 22.7. The molecule has 2 aliphatic heterocycles. The van der Waals surface area contributed by atoms with E-state index in [-0.39, 0.29) is 28.6 Å². The summed E-state index contributed by atoms with van der Waals surface area (Å²) in [6.07, 6.45) is -4.25. The monoisotopic (exact) mass is 518 g/mol. The van der Waals surface area contributed by atoms with Crippen molar-refractivity contribution in [1.29, 1.82) is 0 Å². The molecule has 0 amide bonds. The molecule has 16 heteroatoms. The van der Waals surface area contributed by atoms with Crippen LogP contribution in [0.5, 0.6) is 0 Å². The van der Waals surface area contributed by atoms with Gasteiger partial charge in [-0.15, -0.1) is 9.05 Å². The number of sulfone groups is 1. The average Bonchev–Trinajstić information content (AvgIpc) is 3.27. The van der Waals surface area contributed by atoms with Crippen molar-refractivity contribution in [1.82, 2.24) is 19.5 Å². The number of ether oxygens (including phenoxy) is 1. The summed E-state index contributed by atoms with van der Waals surface area (Å²) in [6, 6.07) is 5.38. The molecule has 0 bridgehead atoms. The number of hydrogen-bond acceptors (Lipinski definition) is 11. The lowest BCUT2D eigenvalue weighted by molar-refractivity contribution is -0.0558. The van der Waals surface area contributed by atoms with Crippen molar-refractivity contribution < 1.29 is 27.3 Å². The highest BCUT2D eigenvalue weighted by atomic mass is 35.5. The number of halogens is 1. The number of aliphatic hydroxyl groups is 1. The SMILES string of the molecule is Nc1nc2c(nc(S(=O)(=O)c3ccc(Cl)cc3)n2[C@@H]2OC3CO[P+](=S)O[C@H]3[C@@H]2O)c(=O)[nH]1. The zero-order chi connectivity index (χ0) is 22.8. The van der Waals surface area contributed by atoms with Gasteiger partial charge in [-0.25, -0.2) is 13.4 Å². The van der Waals surface area contributed by atoms with Crippen LogP contribution in [0, 0.1) is 0 Å². The molecule has 0 spiro atoms. The molecule has 5 rings (SSSR count). The van der Waals surface area contributed by atoms with Gasteiger partial charge in [-0.2, -0.15) is 4.98 Å². The number of rotatable bonds is 3. The average molecular weight is 519 g/mol. The van der Waals surface area contributed by atoms with E-state index < -0.39 is 52.2 Å². The van der Waals surface area contributed by atoms with Crippen molar-refractivity contribution in [2.45, 2.75) is 34.6 Å². The first-order valence-electron chi connectivity index (χ1n) is 9.05. The third-order valence-electron chi connectivity index (χ3n) is 5.02. The van der Waals surface area contributed by atoms with Crippen molar-refractivity contribution >= 4 is 57.5 Å². The Bertz CT molecular complexity index is 1410. The molecular weight excluding hydrogens is 505 g/mol. The van der Waals surface area contributed by atoms with Gasteiger partial charge in [0.05, 0.1) is 4.90 Å². The molecule has 0 saturated carbocycles. The van der Waals surface area contributed by atoms with Crippen molar-refractivity contribution in [3.05, 3.63) is 39.6 Å². The number of anilines is 1. The van der Waals surface area contributed by atoms with E-state index in [1.807, 2.05) is 0 Å². The molecule has 0 aliphatic carbocycles. The molecule has 2 aromatic heterocycles. The Kier molecular flexibility index (Phi) is 5.30. The third-order valence-corrected chi connectivity index (χ3v) is 8.28. The van der Waals surface area contributed by atoms with Crippen LogP contribution in [0.1, 0.15) is 6.23 Å². The first-order chi connectivity index (χ1) is 15.2. The van der Waals surface area contributed by atoms with Gasteiger partial charge in [0.1, 0.15) is 18.8 Å². The van der Waals surface area contributed by atoms with Crippen molar-refractivity contribution in [2.75, 3.05) is 12.3 Å². The molecule has 2 saturated heterocycles. The number of imidazole rings is 1. The fourth-order valence-electron chi connectivity index (χ4n) is 3.58. The molecule has 12 nitrogen and oxygen atoms in total. The minimum Gasteiger partial charge on any atom is -0.385 e. The molecule has 2 fully saturated rings. The predicted molar refractivity (Wildman–Crippen MR) is 114 cm³/mol. The number of aromatic amines is 1. The van der Waals surface area contributed by atoms with Crippen LogP contribution in [0.2, 0.25) is 5.02 Å². The quantitative estimate of drug-likeness (QED) is 0.415. The fourth-order valence-corrected chi connectivity index (χ4v) is 6.34. The van der Waals surface area contributed by atoms with Crippen molar-refractivity contribution in [3.8, 4) is 0 Å². The number of hydrogen-bond donors (Lipinski definition) is 3. The number of H-pyrrole nitrogens is 1. The highest BCUT2D eigenvalue weighted by molar-refractivity contribution is 8.00. The highest BCUT2D eigenvalue weighted by Gasteiger charge is 2.54. The third kappa shape index (κ3) is 3.43. The predicted octanol–water partition coefficient (Wildman–Crippen LogP) is 0.635. The summed E-state index contributed by atoms with van der Waals surface area (Å²) in [5, 5.41) is 10.7. The molecule has 0 radical (unpaired) electrons.